The molecule has 2 nitrogen and oxygen atoms in total. The van der Waals surface area contributed by atoms with E-state index in [4.69, 9.17) is 0 Å². The highest BCUT2D eigenvalue weighted by Crippen LogP contribution is 2.42. The molecule has 0 heterocycles. The van der Waals surface area contributed by atoms with E-state index < -0.39 is 47.6 Å². The van der Waals surface area contributed by atoms with Crippen molar-refractivity contribution in [2.75, 3.05) is 0 Å². The van der Waals surface area contributed by atoms with Crippen molar-refractivity contribution in [3.05, 3.63) is 59.2 Å². The number of phenolic OH excluding ortho intramolecular Hbond substituents is 2. The predicted octanol–water partition coefficient (Wildman–Crippen LogP) is 5.22. The summed E-state index contributed by atoms with van der Waals surface area (Å²) in [6.45, 7) is 1.47. The van der Waals surface area contributed by atoms with Gasteiger partial charge in [-0.15, -0.1) is 0 Å². The van der Waals surface area contributed by atoms with Crippen LogP contribution in [0.3, 0.4) is 0 Å². The van der Waals surface area contributed by atoms with Crippen LogP contribution in [-0.4, -0.2) is 16.4 Å². The van der Waals surface area contributed by atoms with E-state index in [9.17, 15) is 32.2 Å². The third-order valence-electron chi connectivity index (χ3n) is 3.95. The van der Waals surface area contributed by atoms with Gasteiger partial charge >= 0.3 is 6.18 Å². The van der Waals surface area contributed by atoms with Crippen LogP contribution in [0, 0.1) is 11.6 Å². The Bertz CT molecular complexity index is 727. The second-order valence-corrected chi connectivity index (χ2v) is 5.64. The van der Waals surface area contributed by atoms with Gasteiger partial charge in [0, 0.05) is 0 Å². The van der Waals surface area contributed by atoms with Crippen LogP contribution in [0.4, 0.5) is 22.0 Å². The van der Waals surface area contributed by atoms with Crippen LogP contribution in [0.1, 0.15) is 36.3 Å². The van der Waals surface area contributed by atoms with Crippen LogP contribution >= 0.6 is 0 Å². The molecule has 0 saturated heterocycles. The molecule has 2 aromatic carbocycles. The fourth-order valence-electron chi connectivity index (χ4n) is 2.63. The van der Waals surface area contributed by atoms with Crippen molar-refractivity contribution in [1.82, 2.24) is 0 Å². The molecule has 7 heteroatoms. The van der Waals surface area contributed by atoms with E-state index >= 15 is 0 Å². The minimum absolute atomic E-state index is 0.0450. The Morgan fingerprint density at radius 1 is 0.875 bits per heavy atom. The lowest BCUT2D eigenvalue weighted by Crippen LogP contribution is -2.18. The maximum absolute atomic E-state index is 13.5. The van der Waals surface area contributed by atoms with Gasteiger partial charge in [0.25, 0.3) is 0 Å². The summed E-state index contributed by atoms with van der Waals surface area (Å²) in [5.41, 5.74) is 0.289. The molecule has 0 unspecified atom stereocenters. The molecular weight excluding hydrogens is 331 g/mol. The standard InChI is InChI=1S/C17H15F5O2/c1-9(10-2-4-15(23)13(18)6-10)12(8-17(20,21)22)11-3-5-16(24)14(19)7-11/h2-7,9,12,23-24H,8H2,1H3/t9-,12-/m0/s1. The van der Waals surface area contributed by atoms with E-state index in [2.05, 4.69) is 0 Å². The molecule has 0 aromatic heterocycles. The van der Waals surface area contributed by atoms with Crippen LogP contribution in [0.15, 0.2) is 36.4 Å². The zero-order valence-electron chi connectivity index (χ0n) is 12.6. The number of rotatable bonds is 4. The molecule has 2 rings (SSSR count). The Balaban J connectivity index is 2.44. The number of halogens is 5. The monoisotopic (exact) mass is 346 g/mol. The van der Waals surface area contributed by atoms with E-state index in [1.54, 1.807) is 0 Å². The smallest absolute Gasteiger partial charge is 0.389 e. The lowest BCUT2D eigenvalue weighted by Gasteiger charge is -2.26. The first-order chi connectivity index (χ1) is 11.1. The van der Waals surface area contributed by atoms with Crippen LogP contribution in [-0.2, 0) is 0 Å². The lowest BCUT2D eigenvalue weighted by molar-refractivity contribution is -0.139. The van der Waals surface area contributed by atoms with Crippen LogP contribution in [0.5, 0.6) is 11.5 Å². The van der Waals surface area contributed by atoms with Gasteiger partial charge in [-0.1, -0.05) is 19.1 Å². The van der Waals surface area contributed by atoms with Crippen molar-refractivity contribution >= 4 is 0 Å². The molecule has 0 radical (unpaired) electrons. The molecule has 0 aliphatic heterocycles. The van der Waals surface area contributed by atoms with Gasteiger partial charge < -0.3 is 10.2 Å². The normalized spacial score (nSPS) is 14.4. The van der Waals surface area contributed by atoms with Gasteiger partial charge in [-0.05, 0) is 47.2 Å². The molecule has 0 spiro atoms. The molecule has 0 aliphatic carbocycles. The average Bonchev–Trinajstić information content (AvgIpc) is 2.49. The Labute approximate surface area is 135 Å². The highest BCUT2D eigenvalue weighted by molar-refractivity contribution is 5.35. The van der Waals surface area contributed by atoms with Crippen molar-refractivity contribution in [1.29, 1.82) is 0 Å². The summed E-state index contributed by atoms with van der Waals surface area (Å²) >= 11 is 0. The quantitative estimate of drug-likeness (QED) is 0.746. The molecule has 0 amide bonds. The van der Waals surface area contributed by atoms with Crippen molar-refractivity contribution in [2.24, 2.45) is 0 Å². The zero-order chi connectivity index (χ0) is 18.1. The fourth-order valence-corrected chi connectivity index (χ4v) is 2.63. The third kappa shape index (κ3) is 4.15. The lowest BCUT2D eigenvalue weighted by atomic mass is 9.80. The molecule has 0 aliphatic rings. The topological polar surface area (TPSA) is 40.5 Å². The number of alkyl halides is 3. The Kier molecular flexibility index (Phi) is 5.01. The first kappa shape index (κ1) is 18.0. The largest absolute Gasteiger partial charge is 0.505 e. The molecule has 130 valence electrons. The number of phenols is 2. The minimum atomic E-state index is -4.51. The van der Waals surface area contributed by atoms with Gasteiger partial charge in [-0.3, -0.25) is 0 Å². The average molecular weight is 346 g/mol. The molecule has 2 aromatic rings. The van der Waals surface area contributed by atoms with Gasteiger partial charge in [0.2, 0.25) is 0 Å². The third-order valence-corrected chi connectivity index (χ3v) is 3.95. The highest BCUT2D eigenvalue weighted by Gasteiger charge is 2.36. The summed E-state index contributed by atoms with van der Waals surface area (Å²) in [5, 5.41) is 18.4. The number of hydrogen-bond donors (Lipinski definition) is 2. The van der Waals surface area contributed by atoms with E-state index in [0.717, 1.165) is 24.3 Å². The van der Waals surface area contributed by atoms with Gasteiger partial charge in [0.15, 0.2) is 23.1 Å². The Hall–Kier alpha value is -2.31. The summed E-state index contributed by atoms with van der Waals surface area (Å²) in [7, 11) is 0. The summed E-state index contributed by atoms with van der Waals surface area (Å²) in [6.07, 6.45) is -5.75. The summed E-state index contributed by atoms with van der Waals surface area (Å²) < 4.78 is 65.8. The zero-order valence-corrected chi connectivity index (χ0v) is 12.6. The first-order valence-corrected chi connectivity index (χ1v) is 7.12. The van der Waals surface area contributed by atoms with Crippen molar-refractivity contribution in [2.45, 2.75) is 31.4 Å². The van der Waals surface area contributed by atoms with Crippen LogP contribution in [0.25, 0.3) is 0 Å². The Morgan fingerprint density at radius 3 is 1.79 bits per heavy atom. The van der Waals surface area contributed by atoms with Crippen molar-refractivity contribution in [3.63, 3.8) is 0 Å². The van der Waals surface area contributed by atoms with Crippen LogP contribution < -0.4 is 0 Å². The Morgan fingerprint density at radius 2 is 1.33 bits per heavy atom. The van der Waals surface area contributed by atoms with E-state index in [-0.39, 0.29) is 11.1 Å². The molecular formula is C17H15F5O2. The number of benzene rings is 2. The van der Waals surface area contributed by atoms with Gasteiger partial charge in [-0.25, -0.2) is 8.78 Å². The number of aromatic hydroxyl groups is 2. The van der Waals surface area contributed by atoms with Crippen molar-refractivity contribution in [3.8, 4) is 11.5 Å². The van der Waals surface area contributed by atoms with E-state index in [0.29, 0.717) is 0 Å². The van der Waals surface area contributed by atoms with Gasteiger partial charge in [-0.2, -0.15) is 13.2 Å². The van der Waals surface area contributed by atoms with Gasteiger partial charge in [0.05, 0.1) is 6.42 Å². The minimum Gasteiger partial charge on any atom is -0.505 e. The number of hydrogen-bond acceptors (Lipinski definition) is 2. The molecule has 0 bridgehead atoms. The van der Waals surface area contributed by atoms with E-state index in [1.165, 1.54) is 19.1 Å². The summed E-state index contributed by atoms with van der Waals surface area (Å²) in [5.74, 6) is -5.21. The van der Waals surface area contributed by atoms with Crippen LogP contribution in [0.2, 0.25) is 0 Å². The maximum Gasteiger partial charge on any atom is 0.389 e. The highest BCUT2D eigenvalue weighted by atomic mass is 19.4. The summed E-state index contributed by atoms with van der Waals surface area (Å²) in [6, 6.07) is 6.38. The molecule has 2 atom stereocenters. The second-order valence-electron chi connectivity index (χ2n) is 5.64. The maximum atomic E-state index is 13.5. The first-order valence-electron chi connectivity index (χ1n) is 7.12. The van der Waals surface area contributed by atoms with Crippen molar-refractivity contribution < 1.29 is 32.2 Å². The molecule has 0 fully saturated rings. The summed E-state index contributed by atoms with van der Waals surface area (Å²) in [4.78, 5) is 0. The molecule has 2 N–H and O–H groups in total. The second kappa shape index (κ2) is 6.67. The molecule has 24 heavy (non-hydrogen) atoms. The van der Waals surface area contributed by atoms with E-state index in [1.807, 2.05) is 0 Å². The molecule has 0 saturated carbocycles. The van der Waals surface area contributed by atoms with Gasteiger partial charge in [0.1, 0.15) is 0 Å². The predicted molar refractivity (Wildman–Crippen MR) is 78.0 cm³/mol. The SMILES string of the molecule is C[C@@H](c1ccc(O)c(F)c1)[C@H](CC(F)(F)F)c1ccc(O)c(F)c1. The fraction of sp³-hybridized carbons (Fsp3) is 0.294.